The number of thiocarbonyl (C=S) groups is 1. The summed E-state index contributed by atoms with van der Waals surface area (Å²) in [6.07, 6.45) is 21.9. The fourth-order valence-corrected chi connectivity index (χ4v) is 4.59. The third-order valence-electron chi connectivity index (χ3n) is 5.23. The normalized spacial score (nSPS) is 12.0. The maximum absolute atomic E-state index is 12.0. The van der Waals surface area contributed by atoms with E-state index in [0.29, 0.717) is 11.0 Å². The summed E-state index contributed by atoms with van der Waals surface area (Å²) >= 11 is 6.39. The van der Waals surface area contributed by atoms with E-state index in [-0.39, 0.29) is 11.2 Å². The molecule has 1 N–H and O–H groups in total. The number of hydrogen-bond donors (Lipinski definition) is 1. The molecule has 1 atom stereocenters. The minimum absolute atomic E-state index is 0.0537. The third kappa shape index (κ3) is 20.8. The van der Waals surface area contributed by atoms with Gasteiger partial charge in [-0.1, -0.05) is 115 Å². The maximum atomic E-state index is 12.0. The topological polar surface area (TPSA) is 38.3 Å². The van der Waals surface area contributed by atoms with Crippen LogP contribution < -0.4 is 5.32 Å². The van der Waals surface area contributed by atoms with E-state index in [0.717, 1.165) is 13.0 Å². The van der Waals surface area contributed by atoms with E-state index in [1.165, 1.54) is 108 Å². The lowest BCUT2D eigenvalue weighted by molar-refractivity contribution is -0.120. The number of amides is 1. The van der Waals surface area contributed by atoms with Crippen molar-refractivity contribution in [3.63, 3.8) is 0 Å². The summed E-state index contributed by atoms with van der Waals surface area (Å²) in [5.74, 6) is 0.0537. The summed E-state index contributed by atoms with van der Waals surface area (Å²) < 4.78 is 5.67. The van der Waals surface area contributed by atoms with E-state index in [9.17, 15) is 4.79 Å². The molecule has 0 aliphatic heterocycles. The maximum Gasteiger partial charge on any atom is 0.233 e. The van der Waals surface area contributed by atoms with Crippen LogP contribution in [-0.4, -0.2) is 28.7 Å². The van der Waals surface area contributed by atoms with E-state index in [1.54, 1.807) is 0 Å². The van der Waals surface area contributed by atoms with Crippen molar-refractivity contribution < 1.29 is 9.53 Å². The highest BCUT2D eigenvalue weighted by molar-refractivity contribution is 8.23. The molecule has 0 aromatic heterocycles. The average Bonchev–Trinajstić information content (AvgIpc) is 2.70. The summed E-state index contributed by atoms with van der Waals surface area (Å²) in [4.78, 5) is 12.0. The lowest BCUT2D eigenvalue weighted by Gasteiger charge is -2.12. The molecule has 1 unspecified atom stereocenters. The van der Waals surface area contributed by atoms with Gasteiger partial charge >= 0.3 is 0 Å². The molecule has 0 aromatic rings. The van der Waals surface area contributed by atoms with Gasteiger partial charge in [-0.25, -0.2) is 0 Å². The molecule has 0 heterocycles. The van der Waals surface area contributed by atoms with Crippen molar-refractivity contribution in [2.45, 2.75) is 129 Å². The van der Waals surface area contributed by atoms with Gasteiger partial charge in [-0.05, 0) is 32.5 Å². The van der Waals surface area contributed by atoms with Crippen molar-refractivity contribution >= 4 is 34.3 Å². The third-order valence-corrected chi connectivity index (χ3v) is 6.52. The highest BCUT2D eigenvalue weighted by atomic mass is 32.2. The number of ether oxygens (including phenoxy) is 1. The number of rotatable bonds is 20. The van der Waals surface area contributed by atoms with Crippen LogP contribution in [0.15, 0.2) is 0 Å². The molecular weight excluding hydrogens is 398 g/mol. The SMILES string of the molecule is CCCCCCCCCCCCCCCCCCNC(=O)C(C)SC(=S)OCC. The molecule has 29 heavy (non-hydrogen) atoms. The Kier molecular flexibility index (Phi) is 22.2. The second-order valence-corrected chi connectivity index (χ2v) is 9.98. The Bertz CT molecular complexity index is 391. The van der Waals surface area contributed by atoms with E-state index in [1.807, 2.05) is 13.8 Å². The van der Waals surface area contributed by atoms with E-state index in [4.69, 9.17) is 17.0 Å². The highest BCUT2D eigenvalue weighted by Crippen LogP contribution is 2.15. The molecule has 0 fully saturated rings. The average molecular weight is 446 g/mol. The van der Waals surface area contributed by atoms with Crippen LogP contribution in [0.1, 0.15) is 124 Å². The van der Waals surface area contributed by atoms with Gasteiger partial charge < -0.3 is 10.1 Å². The number of nitrogens with one attached hydrogen (secondary N) is 1. The van der Waals surface area contributed by atoms with Gasteiger partial charge in [0, 0.05) is 6.54 Å². The Labute approximate surface area is 190 Å². The second kappa shape index (κ2) is 22.4. The summed E-state index contributed by atoms with van der Waals surface area (Å²) in [6.45, 7) is 7.38. The Morgan fingerprint density at radius 1 is 0.793 bits per heavy atom. The quantitative estimate of drug-likeness (QED) is 0.153. The van der Waals surface area contributed by atoms with Crippen LogP contribution in [0.5, 0.6) is 0 Å². The highest BCUT2D eigenvalue weighted by Gasteiger charge is 2.15. The second-order valence-electron chi connectivity index (χ2n) is 8.04. The van der Waals surface area contributed by atoms with Crippen LogP contribution in [0.2, 0.25) is 0 Å². The number of carbonyl (C=O) groups is 1. The lowest BCUT2D eigenvalue weighted by atomic mass is 10.0. The van der Waals surface area contributed by atoms with Crippen LogP contribution in [0.25, 0.3) is 0 Å². The minimum atomic E-state index is -0.185. The number of thioether (sulfide) groups is 1. The molecule has 0 aliphatic carbocycles. The van der Waals surface area contributed by atoms with Crippen molar-refractivity contribution in [3.05, 3.63) is 0 Å². The van der Waals surface area contributed by atoms with Gasteiger partial charge in [0.15, 0.2) is 0 Å². The summed E-state index contributed by atoms with van der Waals surface area (Å²) in [5, 5.41) is 2.82. The summed E-state index contributed by atoms with van der Waals surface area (Å²) in [5.41, 5.74) is 0. The van der Waals surface area contributed by atoms with Gasteiger partial charge in [-0.2, -0.15) is 0 Å². The Morgan fingerprint density at radius 3 is 1.62 bits per heavy atom. The van der Waals surface area contributed by atoms with Crippen molar-refractivity contribution in [2.24, 2.45) is 0 Å². The molecule has 0 saturated carbocycles. The Hall–Kier alpha value is -0.290. The van der Waals surface area contributed by atoms with E-state index in [2.05, 4.69) is 12.2 Å². The van der Waals surface area contributed by atoms with Crippen molar-refractivity contribution in [1.82, 2.24) is 5.32 Å². The molecule has 5 heteroatoms. The Balaban J connectivity index is 3.27. The predicted molar refractivity (Wildman–Crippen MR) is 134 cm³/mol. The molecule has 0 bridgehead atoms. The van der Waals surface area contributed by atoms with Gasteiger partial charge in [-0.15, -0.1) is 0 Å². The number of hydrogen-bond acceptors (Lipinski definition) is 4. The standard InChI is InChI=1S/C24H47NO2S2/c1-4-6-7-8-9-10-11-12-13-14-15-16-17-18-19-20-21-25-23(26)22(3)29-24(28)27-5-2/h22H,4-21H2,1-3H3,(H,25,26). The van der Waals surface area contributed by atoms with Crippen molar-refractivity contribution in [2.75, 3.05) is 13.2 Å². The van der Waals surface area contributed by atoms with Crippen molar-refractivity contribution in [3.8, 4) is 0 Å². The van der Waals surface area contributed by atoms with Crippen LogP contribution in [0.3, 0.4) is 0 Å². The smallest absolute Gasteiger partial charge is 0.233 e. The molecule has 0 rings (SSSR count). The summed E-state index contributed by atoms with van der Waals surface area (Å²) in [7, 11) is 0. The first-order valence-electron chi connectivity index (χ1n) is 12.2. The van der Waals surface area contributed by atoms with Crippen LogP contribution in [-0.2, 0) is 9.53 Å². The fraction of sp³-hybridized carbons (Fsp3) is 0.917. The van der Waals surface area contributed by atoms with Crippen LogP contribution in [0.4, 0.5) is 0 Å². The molecule has 172 valence electrons. The van der Waals surface area contributed by atoms with E-state index < -0.39 is 0 Å². The van der Waals surface area contributed by atoms with Gasteiger partial charge in [0.2, 0.25) is 10.3 Å². The van der Waals surface area contributed by atoms with Crippen molar-refractivity contribution in [1.29, 1.82) is 0 Å². The van der Waals surface area contributed by atoms with E-state index >= 15 is 0 Å². The zero-order chi connectivity index (χ0) is 21.6. The molecule has 3 nitrogen and oxygen atoms in total. The van der Waals surface area contributed by atoms with Gasteiger partial charge in [-0.3, -0.25) is 4.79 Å². The molecule has 0 aliphatic rings. The molecular formula is C24H47NO2S2. The van der Waals surface area contributed by atoms with Crippen LogP contribution >= 0.6 is 24.0 Å². The van der Waals surface area contributed by atoms with Gasteiger partial charge in [0.25, 0.3) is 0 Å². The largest absolute Gasteiger partial charge is 0.479 e. The first-order chi connectivity index (χ1) is 14.1. The van der Waals surface area contributed by atoms with Crippen LogP contribution in [0, 0.1) is 0 Å². The Morgan fingerprint density at radius 2 is 1.21 bits per heavy atom. The lowest BCUT2D eigenvalue weighted by Crippen LogP contribution is -2.32. The number of unbranched alkanes of at least 4 members (excludes halogenated alkanes) is 15. The summed E-state index contributed by atoms with van der Waals surface area (Å²) in [6, 6.07) is 0. The zero-order valence-electron chi connectivity index (χ0n) is 19.4. The van der Waals surface area contributed by atoms with Gasteiger partial charge in [0.1, 0.15) is 0 Å². The fourth-order valence-electron chi connectivity index (χ4n) is 3.38. The molecule has 0 aromatic carbocycles. The first kappa shape index (κ1) is 28.7. The zero-order valence-corrected chi connectivity index (χ0v) is 21.1. The molecule has 0 spiro atoms. The first-order valence-corrected chi connectivity index (χ1v) is 13.5. The molecule has 1 amide bonds. The predicted octanol–water partition coefficient (Wildman–Crippen LogP) is 7.81. The molecule has 0 saturated heterocycles. The molecule has 0 radical (unpaired) electrons. The minimum Gasteiger partial charge on any atom is -0.479 e. The number of carbonyl (C=O) groups excluding carboxylic acids is 1. The monoisotopic (exact) mass is 445 g/mol. The van der Waals surface area contributed by atoms with Gasteiger partial charge in [0.05, 0.1) is 11.9 Å².